The standard InChI is InChI=1S/C13H15FN2OS/c1-9-3-4-10(7-11(9)14)12-8-18-13(16-12)15-5-6-17-2/h3-4,7-8H,5-6H2,1-2H3,(H,15,16). The van der Waals surface area contributed by atoms with Crippen LogP contribution in [0.4, 0.5) is 9.52 Å². The molecule has 1 aromatic heterocycles. The van der Waals surface area contributed by atoms with Crippen molar-refractivity contribution in [2.45, 2.75) is 6.92 Å². The molecule has 0 aliphatic heterocycles. The van der Waals surface area contributed by atoms with Gasteiger partial charge in [-0.1, -0.05) is 12.1 Å². The fourth-order valence-corrected chi connectivity index (χ4v) is 2.25. The number of benzene rings is 1. The molecule has 0 aliphatic rings. The highest BCUT2D eigenvalue weighted by molar-refractivity contribution is 7.14. The van der Waals surface area contributed by atoms with Gasteiger partial charge in [-0.2, -0.15) is 0 Å². The van der Waals surface area contributed by atoms with Crippen LogP contribution in [0.3, 0.4) is 0 Å². The number of rotatable bonds is 5. The second-order valence-electron chi connectivity index (χ2n) is 3.92. The van der Waals surface area contributed by atoms with Crippen molar-refractivity contribution in [3.05, 3.63) is 35.0 Å². The Morgan fingerprint density at radius 1 is 1.44 bits per heavy atom. The smallest absolute Gasteiger partial charge is 0.183 e. The molecule has 0 aliphatic carbocycles. The molecule has 3 nitrogen and oxygen atoms in total. The Hall–Kier alpha value is -1.46. The first-order chi connectivity index (χ1) is 8.70. The van der Waals surface area contributed by atoms with Crippen LogP contribution >= 0.6 is 11.3 Å². The number of hydrogen-bond donors (Lipinski definition) is 1. The van der Waals surface area contributed by atoms with E-state index >= 15 is 0 Å². The lowest BCUT2D eigenvalue weighted by Gasteiger charge is -2.01. The Morgan fingerprint density at radius 2 is 2.28 bits per heavy atom. The summed E-state index contributed by atoms with van der Waals surface area (Å²) in [6, 6.07) is 5.16. The van der Waals surface area contributed by atoms with Crippen LogP contribution < -0.4 is 5.32 Å². The molecule has 2 aromatic rings. The average molecular weight is 266 g/mol. The molecule has 1 heterocycles. The van der Waals surface area contributed by atoms with Crippen molar-refractivity contribution in [3.63, 3.8) is 0 Å². The molecule has 5 heteroatoms. The summed E-state index contributed by atoms with van der Waals surface area (Å²) >= 11 is 1.50. The lowest BCUT2D eigenvalue weighted by atomic mass is 10.1. The van der Waals surface area contributed by atoms with E-state index in [1.54, 1.807) is 20.1 Å². The van der Waals surface area contributed by atoms with E-state index in [4.69, 9.17) is 4.74 Å². The fourth-order valence-electron chi connectivity index (χ4n) is 1.50. The Morgan fingerprint density at radius 3 is 3.00 bits per heavy atom. The number of halogens is 1. The van der Waals surface area contributed by atoms with E-state index in [1.165, 1.54) is 17.4 Å². The third-order valence-corrected chi connectivity index (χ3v) is 3.35. The molecule has 1 aromatic carbocycles. The lowest BCUT2D eigenvalue weighted by molar-refractivity contribution is 0.211. The fraction of sp³-hybridized carbons (Fsp3) is 0.308. The number of nitrogens with one attached hydrogen (secondary N) is 1. The summed E-state index contributed by atoms with van der Waals surface area (Å²) in [4.78, 5) is 4.41. The molecular weight excluding hydrogens is 251 g/mol. The van der Waals surface area contributed by atoms with Crippen LogP contribution in [-0.4, -0.2) is 25.2 Å². The summed E-state index contributed by atoms with van der Waals surface area (Å²) in [5.74, 6) is -0.200. The van der Waals surface area contributed by atoms with Crippen LogP contribution in [0.1, 0.15) is 5.56 Å². The zero-order valence-electron chi connectivity index (χ0n) is 10.4. The second kappa shape index (κ2) is 5.93. The number of aromatic nitrogens is 1. The maximum Gasteiger partial charge on any atom is 0.183 e. The van der Waals surface area contributed by atoms with Gasteiger partial charge in [0.15, 0.2) is 5.13 Å². The van der Waals surface area contributed by atoms with Crippen LogP contribution in [0.2, 0.25) is 0 Å². The molecule has 0 saturated carbocycles. The zero-order valence-corrected chi connectivity index (χ0v) is 11.2. The molecule has 0 unspecified atom stereocenters. The lowest BCUT2D eigenvalue weighted by Crippen LogP contribution is -2.07. The van der Waals surface area contributed by atoms with E-state index in [0.29, 0.717) is 18.7 Å². The molecule has 0 spiro atoms. The van der Waals surface area contributed by atoms with E-state index < -0.39 is 0 Å². The Balaban J connectivity index is 2.11. The minimum atomic E-state index is -0.200. The molecule has 0 fully saturated rings. The van der Waals surface area contributed by atoms with Crippen molar-refractivity contribution in [2.75, 3.05) is 25.6 Å². The summed E-state index contributed by atoms with van der Waals surface area (Å²) in [6.07, 6.45) is 0. The SMILES string of the molecule is COCCNc1nc(-c2ccc(C)c(F)c2)cs1. The van der Waals surface area contributed by atoms with Gasteiger partial charge in [-0.15, -0.1) is 11.3 Å². The van der Waals surface area contributed by atoms with Gasteiger partial charge in [0.05, 0.1) is 12.3 Å². The summed E-state index contributed by atoms with van der Waals surface area (Å²) in [5.41, 5.74) is 2.24. The third kappa shape index (κ3) is 3.05. The van der Waals surface area contributed by atoms with Crippen LogP contribution in [0.15, 0.2) is 23.6 Å². The molecule has 2 rings (SSSR count). The van der Waals surface area contributed by atoms with Gasteiger partial charge in [-0.3, -0.25) is 0 Å². The van der Waals surface area contributed by atoms with Crippen molar-refractivity contribution in [2.24, 2.45) is 0 Å². The first-order valence-electron chi connectivity index (χ1n) is 5.65. The number of methoxy groups -OCH3 is 1. The maximum atomic E-state index is 13.5. The number of nitrogens with zero attached hydrogens (tertiary/aromatic N) is 1. The monoisotopic (exact) mass is 266 g/mol. The average Bonchev–Trinajstić information content (AvgIpc) is 2.82. The van der Waals surface area contributed by atoms with Crippen molar-refractivity contribution in [3.8, 4) is 11.3 Å². The van der Waals surface area contributed by atoms with Crippen molar-refractivity contribution < 1.29 is 9.13 Å². The summed E-state index contributed by atoms with van der Waals surface area (Å²) in [5, 5.41) is 5.89. The number of thiazole rings is 1. The number of anilines is 1. The normalized spacial score (nSPS) is 10.6. The predicted molar refractivity (Wildman–Crippen MR) is 72.6 cm³/mol. The topological polar surface area (TPSA) is 34.1 Å². The summed E-state index contributed by atoms with van der Waals surface area (Å²) in [7, 11) is 1.66. The molecule has 0 amide bonds. The van der Waals surface area contributed by atoms with E-state index in [9.17, 15) is 4.39 Å². The number of aryl methyl sites for hydroxylation is 1. The predicted octanol–water partition coefficient (Wildman–Crippen LogP) is 3.32. The van der Waals surface area contributed by atoms with Gasteiger partial charge < -0.3 is 10.1 Å². The van der Waals surface area contributed by atoms with Crippen LogP contribution in [0, 0.1) is 12.7 Å². The van der Waals surface area contributed by atoms with Crippen LogP contribution in [0.5, 0.6) is 0 Å². The number of hydrogen-bond acceptors (Lipinski definition) is 4. The first kappa shape index (κ1) is 13.0. The second-order valence-corrected chi connectivity index (χ2v) is 4.78. The molecule has 0 saturated heterocycles. The Labute approximate surface area is 110 Å². The van der Waals surface area contributed by atoms with Crippen LogP contribution in [0.25, 0.3) is 11.3 Å². The Bertz CT molecular complexity index is 527. The molecule has 1 N–H and O–H groups in total. The van der Waals surface area contributed by atoms with Crippen molar-refractivity contribution >= 4 is 16.5 Å². The van der Waals surface area contributed by atoms with Gasteiger partial charge in [0.25, 0.3) is 0 Å². The first-order valence-corrected chi connectivity index (χ1v) is 6.53. The van der Waals surface area contributed by atoms with Gasteiger partial charge in [-0.25, -0.2) is 9.37 Å². The molecule has 0 radical (unpaired) electrons. The molecule has 18 heavy (non-hydrogen) atoms. The molecular formula is C13H15FN2OS. The van der Waals surface area contributed by atoms with Crippen LogP contribution in [-0.2, 0) is 4.74 Å². The summed E-state index contributed by atoms with van der Waals surface area (Å²) < 4.78 is 18.4. The van der Waals surface area contributed by atoms with Gasteiger partial charge in [0.2, 0.25) is 0 Å². The number of ether oxygens (including phenoxy) is 1. The van der Waals surface area contributed by atoms with Gasteiger partial charge >= 0.3 is 0 Å². The zero-order chi connectivity index (χ0) is 13.0. The molecule has 0 bridgehead atoms. The van der Waals surface area contributed by atoms with Gasteiger partial charge in [-0.05, 0) is 18.6 Å². The highest BCUT2D eigenvalue weighted by Gasteiger charge is 2.06. The van der Waals surface area contributed by atoms with Gasteiger partial charge in [0, 0.05) is 24.6 Å². The van der Waals surface area contributed by atoms with Crippen molar-refractivity contribution in [1.82, 2.24) is 4.98 Å². The maximum absolute atomic E-state index is 13.5. The van der Waals surface area contributed by atoms with E-state index in [0.717, 1.165) is 16.4 Å². The van der Waals surface area contributed by atoms with E-state index in [-0.39, 0.29) is 5.82 Å². The van der Waals surface area contributed by atoms with E-state index in [1.807, 2.05) is 11.4 Å². The minimum Gasteiger partial charge on any atom is -0.383 e. The highest BCUT2D eigenvalue weighted by Crippen LogP contribution is 2.25. The quantitative estimate of drug-likeness (QED) is 0.843. The highest BCUT2D eigenvalue weighted by atomic mass is 32.1. The summed E-state index contributed by atoms with van der Waals surface area (Å²) in [6.45, 7) is 3.09. The molecule has 0 atom stereocenters. The van der Waals surface area contributed by atoms with Crippen molar-refractivity contribution in [1.29, 1.82) is 0 Å². The Kier molecular flexibility index (Phi) is 4.28. The largest absolute Gasteiger partial charge is 0.383 e. The van der Waals surface area contributed by atoms with E-state index in [2.05, 4.69) is 10.3 Å². The third-order valence-electron chi connectivity index (χ3n) is 2.55. The van der Waals surface area contributed by atoms with Gasteiger partial charge in [0.1, 0.15) is 5.82 Å². The molecule has 96 valence electrons. The minimum absolute atomic E-state index is 0.200.